The number of aromatic amines is 1. The molecule has 2 heterocycles. The van der Waals surface area contributed by atoms with Crippen LogP contribution in [0.4, 0.5) is 0 Å². The molecule has 0 fully saturated rings. The molecular formula is C22H24ClN3O3S. The molecule has 4 rings (SSSR count). The monoisotopic (exact) mass is 445 g/mol. The lowest BCUT2D eigenvalue weighted by Gasteiger charge is -2.17. The number of carbonyl (C=O) groups is 1. The Balaban J connectivity index is 1.33. The van der Waals surface area contributed by atoms with Crippen LogP contribution < -0.4 is 10.3 Å². The van der Waals surface area contributed by atoms with Gasteiger partial charge in [0.2, 0.25) is 5.91 Å². The average Bonchev–Trinajstić information content (AvgIpc) is 3.12. The quantitative estimate of drug-likeness (QED) is 0.596. The number of rotatable bonds is 7. The molecule has 0 saturated carbocycles. The van der Waals surface area contributed by atoms with Crippen LogP contribution >= 0.6 is 22.9 Å². The number of nitrogens with zero attached hydrogens (tertiary/aromatic N) is 2. The fourth-order valence-electron chi connectivity index (χ4n) is 3.72. The van der Waals surface area contributed by atoms with E-state index in [1.165, 1.54) is 16.9 Å². The number of carbonyl (C=O) groups excluding carboxylic acids is 1. The first kappa shape index (κ1) is 20.9. The minimum atomic E-state index is -0.0802. The van der Waals surface area contributed by atoms with E-state index in [-0.39, 0.29) is 17.9 Å². The summed E-state index contributed by atoms with van der Waals surface area (Å²) >= 11 is 7.69. The molecule has 1 amide bonds. The zero-order valence-corrected chi connectivity index (χ0v) is 18.4. The number of ether oxygens (including phenoxy) is 1. The van der Waals surface area contributed by atoms with Crippen molar-refractivity contribution in [3.63, 3.8) is 0 Å². The van der Waals surface area contributed by atoms with Crippen LogP contribution in [0.25, 0.3) is 10.2 Å². The second kappa shape index (κ2) is 9.18. The van der Waals surface area contributed by atoms with Crippen molar-refractivity contribution in [2.24, 2.45) is 0 Å². The number of aryl methyl sites for hydroxylation is 3. The average molecular weight is 446 g/mol. The van der Waals surface area contributed by atoms with Gasteiger partial charge in [0.05, 0.1) is 17.0 Å². The van der Waals surface area contributed by atoms with Crippen molar-refractivity contribution in [3.05, 3.63) is 55.9 Å². The van der Waals surface area contributed by atoms with Crippen molar-refractivity contribution < 1.29 is 9.53 Å². The molecule has 1 N–H and O–H groups in total. The van der Waals surface area contributed by atoms with Gasteiger partial charge in [0.15, 0.2) is 0 Å². The van der Waals surface area contributed by atoms with Gasteiger partial charge in [0, 0.05) is 24.8 Å². The first-order chi connectivity index (χ1) is 14.5. The second-order valence-corrected chi connectivity index (χ2v) is 8.99. The predicted molar refractivity (Wildman–Crippen MR) is 120 cm³/mol. The summed E-state index contributed by atoms with van der Waals surface area (Å²) in [7, 11) is 1.74. The van der Waals surface area contributed by atoms with Crippen molar-refractivity contribution >= 4 is 39.1 Å². The third-order valence-electron chi connectivity index (χ3n) is 5.40. The van der Waals surface area contributed by atoms with E-state index in [4.69, 9.17) is 16.3 Å². The molecule has 0 bridgehead atoms. The van der Waals surface area contributed by atoms with Gasteiger partial charge in [-0.1, -0.05) is 23.7 Å². The zero-order chi connectivity index (χ0) is 21.1. The van der Waals surface area contributed by atoms with Gasteiger partial charge in [0.25, 0.3) is 5.56 Å². The first-order valence-corrected chi connectivity index (χ1v) is 11.4. The molecule has 0 radical (unpaired) electrons. The van der Waals surface area contributed by atoms with E-state index in [0.717, 1.165) is 29.5 Å². The molecule has 8 heteroatoms. The molecular weight excluding hydrogens is 422 g/mol. The standard InChI is InChI=1S/C22H24ClN3O3S/c1-26(12-13-29-16-8-4-3-7-15(16)23)19(27)11-10-18-24-21(28)20-14-6-2-5-9-17(14)30-22(20)25-18/h3-4,7-8H,2,5-6,9-13H2,1H3,(H,24,25,28). The number of para-hydroxylation sites is 1. The van der Waals surface area contributed by atoms with E-state index < -0.39 is 0 Å². The number of likely N-dealkylation sites (N-methyl/N-ethyl adjacent to an activating group) is 1. The van der Waals surface area contributed by atoms with Gasteiger partial charge in [0.1, 0.15) is 23.0 Å². The highest BCUT2D eigenvalue weighted by Gasteiger charge is 2.20. The van der Waals surface area contributed by atoms with E-state index in [9.17, 15) is 9.59 Å². The Morgan fingerprint density at radius 2 is 2.10 bits per heavy atom. The van der Waals surface area contributed by atoms with Crippen LogP contribution in [0.2, 0.25) is 5.02 Å². The first-order valence-electron chi connectivity index (χ1n) is 10.2. The van der Waals surface area contributed by atoms with Gasteiger partial charge in [-0.15, -0.1) is 11.3 Å². The number of fused-ring (bicyclic) bond motifs is 3. The third kappa shape index (κ3) is 4.52. The summed E-state index contributed by atoms with van der Waals surface area (Å²) in [4.78, 5) is 36.3. The fraction of sp³-hybridized carbons (Fsp3) is 0.409. The van der Waals surface area contributed by atoms with Gasteiger partial charge in [-0.3, -0.25) is 9.59 Å². The fourth-order valence-corrected chi connectivity index (χ4v) is 5.19. The molecule has 0 aliphatic heterocycles. The summed E-state index contributed by atoms with van der Waals surface area (Å²) in [6, 6.07) is 7.25. The maximum Gasteiger partial charge on any atom is 0.259 e. The third-order valence-corrected chi connectivity index (χ3v) is 6.89. The van der Waals surface area contributed by atoms with E-state index >= 15 is 0 Å². The minimum Gasteiger partial charge on any atom is -0.490 e. The van der Waals surface area contributed by atoms with Crippen LogP contribution in [0.5, 0.6) is 5.75 Å². The summed E-state index contributed by atoms with van der Waals surface area (Å²) in [6.07, 6.45) is 4.97. The molecule has 1 aliphatic rings. The van der Waals surface area contributed by atoms with Gasteiger partial charge in [-0.05, 0) is 43.4 Å². The van der Waals surface area contributed by atoms with Crippen molar-refractivity contribution in [2.75, 3.05) is 20.2 Å². The highest BCUT2D eigenvalue weighted by Crippen LogP contribution is 2.33. The van der Waals surface area contributed by atoms with E-state index in [0.29, 0.717) is 36.2 Å². The molecule has 1 aliphatic carbocycles. The molecule has 158 valence electrons. The molecule has 6 nitrogen and oxygen atoms in total. The summed E-state index contributed by atoms with van der Waals surface area (Å²) < 4.78 is 5.64. The SMILES string of the molecule is CN(CCOc1ccccc1Cl)C(=O)CCc1nc2sc3c(c2c(=O)[nH]1)CCCC3. The van der Waals surface area contributed by atoms with Crippen LogP contribution in [-0.4, -0.2) is 41.0 Å². The van der Waals surface area contributed by atoms with Crippen molar-refractivity contribution in [2.45, 2.75) is 38.5 Å². The minimum absolute atomic E-state index is 0.0222. The van der Waals surface area contributed by atoms with Crippen LogP contribution in [0.15, 0.2) is 29.1 Å². The molecule has 0 unspecified atom stereocenters. The molecule has 0 spiro atoms. The van der Waals surface area contributed by atoms with Crippen LogP contribution in [0, 0.1) is 0 Å². The topological polar surface area (TPSA) is 75.3 Å². The van der Waals surface area contributed by atoms with Crippen LogP contribution in [0.3, 0.4) is 0 Å². The van der Waals surface area contributed by atoms with Gasteiger partial charge < -0.3 is 14.6 Å². The number of aromatic nitrogens is 2. The lowest BCUT2D eigenvalue weighted by atomic mass is 9.97. The molecule has 30 heavy (non-hydrogen) atoms. The Morgan fingerprint density at radius 1 is 1.30 bits per heavy atom. The van der Waals surface area contributed by atoms with E-state index in [1.807, 2.05) is 12.1 Å². The zero-order valence-electron chi connectivity index (χ0n) is 16.9. The van der Waals surface area contributed by atoms with Crippen LogP contribution in [-0.2, 0) is 24.1 Å². The van der Waals surface area contributed by atoms with E-state index in [1.54, 1.807) is 35.4 Å². The summed E-state index contributed by atoms with van der Waals surface area (Å²) in [5.41, 5.74) is 1.10. The Kier molecular flexibility index (Phi) is 6.39. The molecule has 2 aromatic heterocycles. The van der Waals surface area contributed by atoms with Crippen molar-refractivity contribution in [1.82, 2.24) is 14.9 Å². The van der Waals surface area contributed by atoms with Gasteiger partial charge in [-0.25, -0.2) is 4.98 Å². The van der Waals surface area contributed by atoms with E-state index in [2.05, 4.69) is 9.97 Å². The number of halogens is 1. The number of amides is 1. The van der Waals surface area contributed by atoms with Gasteiger partial charge >= 0.3 is 0 Å². The maximum absolute atomic E-state index is 12.6. The largest absolute Gasteiger partial charge is 0.490 e. The smallest absolute Gasteiger partial charge is 0.259 e. The molecule has 3 aromatic rings. The number of hydrogen-bond acceptors (Lipinski definition) is 5. The number of thiophene rings is 1. The summed E-state index contributed by atoms with van der Waals surface area (Å²) in [5.74, 6) is 1.15. The Bertz CT molecular complexity index is 1120. The molecule has 1 aromatic carbocycles. The Hall–Kier alpha value is -2.38. The predicted octanol–water partition coefficient (Wildman–Crippen LogP) is 3.99. The van der Waals surface area contributed by atoms with Crippen LogP contribution in [0.1, 0.15) is 35.5 Å². The number of hydrogen-bond donors (Lipinski definition) is 1. The summed E-state index contributed by atoms with van der Waals surface area (Å²) in [6.45, 7) is 0.804. The number of benzene rings is 1. The normalized spacial score (nSPS) is 13.3. The highest BCUT2D eigenvalue weighted by atomic mass is 35.5. The van der Waals surface area contributed by atoms with Crippen molar-refractivity contribution in [1.29, 1.82) is 0 Å². The molecule has 0 saturated heterocycles. The lowest BCUT2D eigenvalue weighted by Crippen LogP contribution is -2.31. The number of nitrogens with one attached hydrogen (secondary N) is 1. The lowest BCUT2D eigenvalue weighted by molar-refractivity contribution is -0.130. The summed E-state index contributed by atoms with van der Waals surface area (Å²) in [5, 5.41) is 1.30. The van der Waals surface area contributed by atoms with Gasteiger partial charge in [-0.2, -0.15) is 0 Å². The highest BCUT2D eigenvalue weighted by molar-refractivity contribution is 7.18. The Morgan fingerprint density at radius 3 is 2.93 bits per heavy atom. The Labute approximate surface area is 183 Å². The van der Waals surface area contributed by atoms with Crippen molar-refractivity contribution in [3.8, 4) is 5.75 Å². The number of H-pyrrole nitrogens is 1. The maximum atomic E-state index is 12.6. The second-order valence-electron chi connectivity index (χ2n) is 7.50. The molecule has 0 atom stereocenters.